The molecular formula is C20H20NO5-. The third-order valence-electron chi connectivity index (χ3n) is 4.71. The molecule has 2 aromatic rings. The lowest BCUT2D eigenvalue weighted by atomic mass is 9.83. The first kappa shape index (κ1) is 17.8. The normalized spacial score (nSPS) is 19.9. The number of benzene rings is 2. The van der Waals surface area contributed by atoms with Gasteiger partial charge >= 0.3 is 0 Å². The Morgan fingerprint density at radius 1 is 1.08 bits per heavy atom. The maximum absolute atomic E-state index is 12.7. The highest BCUT2D eigenvalue weighted by Gasteiger charge is 2.39. The summed E-state index contributed by atoms with van der Waals surface area (Å²) in [6, 6.07) is 13.4. The second-order valence-corrected chi connectivity index (χ2v) is 6.11. The summed E-state index contributed by atoms with van der Waals surface area (Å²) in [5.74, 6) is -0.943. The number of nitrogens with zero attached hydrogens (tertiary/aromatic N) is 1. The van der Waals surface area contributed by atoms with Gasteiger partial charge in [0.05, 0.1) is 20.3 Å². The van der Waals surface area contributed by atoms with Gasteiger partial charge in [-0.25, -0.2) is 0 Å². The second kappa shape index (κ2) is 7.47. The van der Waals surface area contributed by atoms with Crippen LogP contribution >= 0.6 is 0 Å². The van der Waals surface area contributed by atoms with Crippen LogP contribution in [0.4, 0.5) is 5.69 Å². The Labute approximate surface area is 152 Å². The zero-order chi connectivity index (χ0) is 18.7. The Hall–Kier alpha value is -3.02. The van der Waals surface area contributed by atoms with Gasteiger partial charge in [0.1, 0.15) is 11.5 Å². The minimum absolute atomic E-state index is 0.136. The number of amides is 1. The van der Waals surface area contributed by atoms with Crippen molar-refractivity contribution in [2.45, 2.75) is 18.9 Å². The molecule has 0 radical (unpaired) electrons. The number of carbonyl (C=O) groups excluding carboxylic acids is 2. The van der Waals surface area contributed by atoms with Crippen molar-refractivity contribution in [3.05, 3.63) is 54.1 Å². The van der Waals surface area contributed by atoms with Gasteiger partial charge < -0.3 is 24.3 Å². The van der Waals surface area contributed by atoms with E-state index in [4.69, 9.17) is 9.47 Å². The molecule has 0 bridgehead atoms. The third-order valence-corrected chi connectivity index (χ3v) is 4.71. The van der Waals surface area contributed by atoms with Gasteiger partial charge in [0.15, 0.2) is 0 Å². The topological polar surface area (TPSA) is 78.9 Å². The molecule has 0 unspecified atom stereocenters. The van der Waals surface area contributed by atoms with Crippen LogP contribution in [-0.4, -0.2) is 26.1 Å². The number of rotatable bonds is 5. The molecule has 0 saturated carbocycles. The molecule has 0 aromatic heterocycles. The van der Waals surface area contributed by atoms with E-state index >= 15 is 0 Å². The van der Waals surface area contributed by atoms with Crippen LogP contribution in [0.2, 0.25) is 0 Å². The highest BCUT2D eigenvalue weighted by molar-refractivity contribution is 5.96. The number of piperidine rings is 1. The maximum Gasteiger partial charge on any atom is 0.227 e. The number of hydrogen-bond donors (Lipinski definition) is 0. The highest BCUT2D eigenvalue weighted by Crippen LogP contribution is 2.43. The molecule has 1 heterocycles. The van der Waals surface area contributed by atoms with Crippen molar-refractivity contribution in [2.24, 2.45) is 5.92 Å². The summed E-state index contributed by atoms with van der Waals surface area (Å²) < 4.78 is 10.6. The van der Waals surface area contributed by atoms with Gasteiger partial charge in [0, 0.05) is 29.6 Å². The monoisotopic (exact) mass is 354 g/mol. The molecule has 3 rings (SSSR count). The van der Waals surface area contributed by atoms with Crippen LogP contribution in [0, 0.1) is 5.92 Å². The first-order chi connectivity index (χ1) is 12.6. The van der Waals surface area contributed by atoms with Crippen molar-refractivity contribution in [2.75, 3.05) is 19.1 Å². The summed E-state index contributed by atoms with van der Waals surface area (Å²) in [6.45, 7) is 0. The molecule has 1 fully saturated rings. The number of carboxylic acid groups (broad SMARTS) is 1. The number of ether oxygens (including phenoxy) is 2. The van der Waals surface area contributed by atoms with E-state index in [1.165, 1.54) is 12.0 Å². The van der Waals surface area contributed by atoms with E-state index in [1.807, 2.05) is 0 Å². The van der Waals surface area contributed by atoms with Crippen LogP contribution in [0.1, 0.15) is 24.4 Å². The zero-order valence-corrected chi connectivity index (χ0v) is 14.7. The van der Waals surface area contributed by atoms with E-state index in [-0.39, 0.29) is 18.7 Å². The standard InChI is InChI=1S/C20H21NO5/c1-25-14-9-7-13(8-10-14)21-18(22)12-11-16(20(23)24)19(21)15-5-3-4-6-17(15)26-2/h3-10,16,19H,11-12H2,1-2H3,(H,23,24)/p-1/t16-,19-/m1/s1. The van der Waals surface area contributed by atoms with Gasteiger partial charge in [0.25, 0.3) is 0 Å². The predicted octanol–water partition coefficient (Wildman–Crippen LogP) is 1.94. The molecule has 136 valence electrons. The molecule has 0 spiro atoms. The Balaban J connectivity index is 2.13. The molecule has 6 heteroatoms. The summed E-state index contributed by atoms with van der Waals surface area (Å²) in [5, 5.41) is 11.8. The fourth-order valence-corrected chi connectivity index (χ4v) is 3.45. The SMILES string of the molecule is COc1ccc(N2C(=O)CC[C@@H](C(=O)[O-])[C@H]2c2ccccc2OC)cc1. The molecular weight excluding hydrogens is 334 g/mol. The molecule has 6 nitrogen and oxygen atoms in total. The van der Waals surface area contributed by atoms with Gasteiger partial charge in [-0.1, -0.05) is 18.2 Å². The third kappa shape index (κ3) is 3.22. The average molecular weight is 354 g/mol. The number of carboxylic acids is 1. The minimum Gasteiger partial charge on any atom is -0.550 e. The van der Waals surface area contributed by atoms with Gasteiger partial charge in [0.2, 0.25) is 5.91 Å². The molecule has 1 aliphatic heterocycles. The Bertz CT molecular complexity index is 802. The van der Waals surface area contributed by atoms with E-state index in [0.717, 1.165) is 0 Å². The van der Waals surface area contributed by atoms with Gasteiger partial charge in [-0.15, -0.1) is 0 Å². The summed E-state index contributed by atoms with van der Waals surface area (Å²) in [6.07, 6.45) is 0.382. The van der Waals surface area contributed by atoms with Gasteiger partial charge in [-0.05, 0) is 36.8 Å². The van der Waals surface area contributed by atoms with Crippen molar-refractivity contribution in [1.29, 1.82) is 0 Å². The van der Waals surface area contributed by atoms with Crippen molar-refractivity contribution in [3.8, 4) is 11.5 Å². The minimum atomic E-state index is -1.17. The molecule has 0 aliphatic carbocycles. The van der Waals surface area contributed by atoms with E-state index < -0.39 is 17.9 Å². The predicted molar refractivity (Wildman–Crippen MR) is 93.9 cm³/mol. The molecule has 1 amide bonds. The number of hydrogen-bond acceptors (Lipinski definition) is 5. The summed E-state index contributed by atoms with van der Waals surface area (Å²) in [5.41, 5.74) is 1.26. The first-order valence-electron chi connectivity index (χ1n) is 8.36. The fourth-order valence-electron chi connectivity index (χ4n) is 3.45. The van der Waals surface area contributed by atoms with Crippen molar-refractivity contribution >= 4 is 17.6 Å². The second-order valence-electron chi connectivity index (χ2n) is 6.11. The summed E-state index contributed by atoms with van der Waals surface area (Å²) >= 11 is 0. The smallest absolute Gasteiger partial charge is 0.227 e. The quantitative estimate of drug-likeness (QED) is 0.820. The molecule has 2 atom stereocenters. The average Bonchev–Trinajstić information content (AvgIpc) is 2.67. The van der Waals surface area contributed by atoms with E-state index in [1.54, 1.807) is 55.6 Å². The van der Waals surface area contributed by atoms with Gasteiger partial charge in [-0.3, -0.25) is 4.79 Å². The Kier molecular flexibility index (Phi) is 5.11. The molecule has 26 heavy (non-hydrogen) atoms. The molecule has 1 aliphatic rings. The largest absolute Gasteiger partial charge is 0.550 e. The lowest BCUT2D eigenvalue weighted by Gasteiger charge is -2.42. The highest BCUT2D eigenvalue weighted by atomic mass is 16.5. The number of anilines is 1. The van der Waals surface area contributed by atoms with Crippen molar-refractivity contribution in [3.63, 3.8) is 0 Å². The Morgan fingerprint density at radius 2 is 1.77 bits per heavy atom. The number of aliphatic carboxylic acids is 1. The van der Waals surface area contributed by atoms with Crippen molar-refractivity contribution in [1.82, 2.24) is 0 Å². The summed E-state index contributed by atoms with van der Waals surface area (Å²) in [4.78, 5) is 26.1. The number of carbonyl (C=O) groups is 2. The van der Waals surface area contributed by atoms with E-state index in [0.29, 0.717) is 22.7 Å². The number of methoxy groups -OCH3 is 2. The van der Waals surface area contributed by atoms with Gasteiger partial charge in [-0.2, -0.15) is 0 Å². The molecule has 2 aromatic carbocycles. The molecule has 0 N–H and O–H groups in total. The van der Waals surface area contributed by atoms with E-state index in [9.17, 15) is 14.7 Å². The lowest BCUT2D eigenvalue weighted by molar-refractivity contribution is -0.312. The van der Waals surface area contributed by atoms with Crippen LogP contribution < -0.4 is 19.5 Å². The molecule has 1 saturated heterocycles. The van der Waals surface area contributed by atoms with Crippen LogP contribution in [-0.2, 0) is 9.59 Å². The van der Waals surface area contributed by atoms with Crippen molar-refractivity contribution < 1.29 is 24.2 Å². The van der Waals surface area contributed by atoms with Crippen LogP contribution in [0.5, 0.6) is 11.5 Å². The number of para-hydroxylation sites is 1. The Morgan fingerprint density at radius 3 is 2.38 bits per heavy atom. The first-order valence-corrected chi connectivity index (χ1v) is 8.36. The lowest BCUT2D eigenvalue weighted by Crippen LogP contribution is -2.49. The maximum atomic E-state index is 12.7. The van der Waals surface area contributed by atoms with Crippen LogP contribution in [0.3, 0.4) is 0 Å². The van der Waals surface area contributed by atoms with E-state index in [2.05, 4.69) is 0 Å². The summed E-state index contributed by atoms with van der Waals surface area (Å²) in [7, 11) is 3.08. The van der Waals surface area contributed by atoms with Crippen LogP contribution in [0.25, 0.3) is 0 Å². The zero-order valence-electron chi connectivity index (χ0n) is 14.7. The fraction of sp³-hybridized carbons (Fsp3) is 0.300. The van der Waals surface area contributed by atoms with Crippen LogP contribution in [0.15, 0.2) is 48.5 Å².